The Hall–Kier alpha value is -3.61. The SMILES string of the molecule is Cc1cc(C(F)F)n2ncc(C(=O)Nc3c(C(N)=O)sc4nc(C(F)F)cc(C5CC5)c34)c2n1. The Kier molecular flexibility index (Phi) is 5.23. The number of alkyl halides is 4. The summed E-state index contributed by atoms with van der Waals surface area (Å²) in [7, 11) is 0. The number of amides is 2. The number of carbonyl (C=O) groups is 2. The van der Waals surface area contributed by atoms with Crippen LogP contribution in [0.25, 0.3) is 15.9 Å². The van der Waals surface area contributed by atoms with E-state index in [0.29, 0.717) is 10.9 Å². The van der Waals surface area contributed by atoms with Gasteiger partial charge in [-0.1, -0.05) is 0 Å². The van der Waals surface area contributed by atoms with Crippen LogP contribution in [-0.2, 0) is 0 Å². The molecule has 1 fully saturated rings. The van der Waals surface area contributed by atoms with Crippen LogP contribution in [-0.4, -0.2) is 31.4 Å². The van der Waals surface area contributed by atoms with E-state index in [1.807, 2.05) is 0 Å². The summed E-state index contributed by atoms with van der Waals surface area (Å²) < 4.78 is 54.5. The average molecular weight is 492 g/mol. The van der Waals surface area contributed by atoms with Crippen molar-refractivity contribution in [2.24, 2.45) is 5.73 Å². The highest BCUT2D eigenvalue weighted by atomic mass is 32.1. The fraction of sp³-hybridized carbons (Fsp3) is 0.286. The Morgan fingerprint density at radius 2 is 1.91 bits per heavy atom. The highest BCUT2D eigenvalue weighted by Gasteiger charge is 2.32. The number of hydrogen-bond acceptors (Lipinski definition) is 6. The summed E-state index contributed by atoms with van der Waals surface area (Å²) in [5.74, 6) is -1.65. The average Bonchev–Trinajstić information content (AvgIpc) is 3.43. The third-order valence-corrected chi connectivity index (χ3v) is 6.61. The predicted molar refractivity (Wildman–Crippen MR) is 116 cm³/mol. The molecule has 2 amide bonds. The van der Waals surface area contributed by atoms with Crippen molar-refractivity contribution in [3.63, 3.8) is 0 Å². The van der Waals surface area contributed by atoms with Gasteiger partial charge in [-0.15, -0.1) is 11.3 Å². The lowest BCUT2D eigenvalue weighted by Gasteiger charge is -2.10. The molecule has 4 heterocycles. The number of thiophene rings is 1. The van der Waals surface area contributed by atoms with Crippen LogP contribution >= 0.6 is 11.3 Å². The first-order valence-electron chi connectivity index (χ1n) is 10.2. The minimum atomic E-state index is -2.85. The second-order valence-corrected chi connectivity index (χ2v) is 8.93. The normalized spacial score (nSPS) is 14.0. The second kappa shape index (κ2) is 8.01. The predicted octanol–water partition coefficient (Wildman–Crippen LogP) is 4.75. The number of halogens is 4. The number of aromatic nitrogens is 4. The molecule has 3 N–H and O–H groups in total. The molecule has 0 saturated heterocycles. The first-order valence-corrected chi connectivity index (χ1v) is 11.0. The summed E-state index contributed by atoms with van der Waals surface area (Å²) in [5, 5.41) is 6.85. The van der Waals surface area contributed by atoms with E-state index in [2.05, 4.69) is 20.4 Å². The van der Waals surface area contributed by atoms with Gasteiger partial charge in [-0.05, 0) is 43.4 Å². The molecule has 4 aromatic heterocycles. The number of primary amides is 1. The van der Waals surface area contributed by atoms with Gasteiger partial charge in [-0.3, -0.25) is 9.59 Å². The number of nitrogens with zero attached hydrogens (tertiary/aromatic N) is 4. The third-order valence-electron chi connectivity index (χ3n) is 5.51. The largest absolute Gasteiger partial charge is 0.365 e. The van der Waals surface area contributed by atoms with Crippen LogP contribution in [0.15, 0.2) is 18.3 Å². The van der Waals surface area contributed by atoms with E-state index in [-0.39, 0.29) is 38.2 Å². The molecule has 176 valence electrons. The maximum atomic E-state index is 13.4. The van der Waals surface area contributed by atoms with Crippen LogP contribution < -0.4 is 11.1 Å². The van der Waals surface area contributed by atoms with E-state index >= 15 is 0 Å². The highest BCUT2D eigenvalue weighted by Crippen LogP contribution is 2.48. The highest BCUT2D eigenvalue weighted by molar-refractivity contribution is 7.21. The molecule has 1 aliphatic carbocycles. The fourth-order valence-electron chi connectivity index (χ4n) is 3.88. The lowest BCUT2D eigenvalue weighted by Crippen LogP contribution is -2.17. The second-order valence-electron chi connectivity index (χ2n) is 7.93. The zero-order chi connectivity index (χ0) is 24.3. The molecular formula is C21H16F4N6O2S. The van der Waals surface area contributed by atoms with E-state index in [0.717, 1.165) is 41.0 Å². The van der Waals surface area contributed by atoms with Crippen LogP contribution in [0.2, 0.25) is 0 Å². The number of anilines is 1. The Bertz CT molecular complexity index is 1480. The molecule has 34 heavy (non-hydrogen) atoms. The molecule has 0 aromatic carbocycles. The van der Waals surface area contributed by atoms with E-state index in [4.69, 9.17) is 5.73 Å². The van der Waals surface area contributed by atoms with Gasteiger partial charge in [-0.2, -0.15) is 5.10 Å². The van der Waals surface area contributed by atoms with Gasteiger partial charge in [0.05, 0.1) is 11.9 Å². The maximum Gasteiger partial charge on any atom is 0.280 e. The molecular weight excluding hydrogens is 476 g/mol. The fourth-order valence-corrected chi connectivity index (χ4v) is 4.90. The van der Waals surface area contributed by atoms with E-state index < -0.39 is 36.1 Å². The molecule has 8 nitrogen and oxygen atoms in total. The maximum absolute atomic E-state index is 13.4. The van der Waals surface area contributed by atoms with Crippen LogP contribution in [0.4, 0.5) is 23.2 Å². The van der Waals surface area contributed by atoms with Gasteiger partial charge in [0, 0.05) is 11.1 Å². The Labute approximate surface area is 192 Å². The molecule has 1 aliphatic rings. The minimum absolute atomic E-state index is 0.0103. The summed E-state index contributed by atoms with van der Waals surface area (Å²) in [4.78, 5) is 33.6. The first-order chi connectivity index (χ1) is 16.2. The Morgan fingerprint density at radius 1 is 1.18 bits per heavy atom. The standard InChI is InChI=1S/C21H16F4N6O2S/c1-7-4-12(17(24)25)31-19(28-7)10(6-27-31)20(33)30-14-13-9(8-2-3-8)5-11(16(22)23)29-21(13)34-15(14)18(26)32/h4-6,8,16-17H,2-3H2,1H3,(H2,26,32)(H,30,33). The van der Waals surface area contributed by atoms with Gasteiger partial charge < -0.3 is 11.1 Å². The number of carbonyl (C=O) groups excluding carboxylic acids is 2. The molecule has 5 rings (SSSR count). The van der Waals surface area contributed by atoms with Crippen molar-refractivity contribution in [1.29, 1.82) is 0 Å². The van der Waals surface area contributed by atoms with Crippen molar-refractivity contribution < 1.29 is 27.2 Å². The number of nitrogens with one attached hydrogen (secondary N) is 1. The first kappa shape index (κ1) is 22.2. The molecule has 13 heteroatoms. The number of hydrogen-bond donors (Lipinski definition) is 2. The van der Waals surface area contributed by atoms with Crippen molar-refractivity contribution in [2.75, 3.05) is 5.32 Å². The van der Waals surface area contributed by atoms with Crippen molar-refractivity contribution in [3.05, 3.63) is 51.4 Å². The van der Waals surface area contributed by atoms with Crippen LogP contribution in [0.1, 0.15) is 74.3 Å². The van der Waals surface area contributed by atoms with Gasteiger partial charge in [-0.25, -0.2) is 32.0 Å². The topological polar surface area (TPSA) is 115 Å². The number of rotatable bonds is 6. The Balaban J connectivity index is 1.65. The number of pyridine rings is 1. The Morgan fingerprint density at radius 3 is 2.53 bits per heavy atom. The van der Waals surface area contributed by atoms with Gasteiger partial charge >= 0.3 is 0 Å². The van der Waals surface area contributed by atoms with Gasteiger partial charge in [0.2, 0.25) is 0 Å². The van der Waals surface area contributed by atoms with Crippen molar-refractivity contribution >= 4 is 44.7 Å². The summed E-state index contributed by atoms with van der Waals surface area (Å²) in [6.07, 6.45) is -3.03. The van der Waals surface area contributed by atoms with E-state index in [1.54, 1.807) is 0 Å². The zero-order valence-corrected chi connectivity index (χ0v) is 18.3. The van der Waals surface area contributed by atoms with Gasteiger partial charge in [0.1, 0.15) is 26.7 Å². The monoisotopic (exact) mass is 492 g/mol. The number of aryl methyl sites for hydroxylation is 1. The number of nitrogens with two attached hydrogens (primary N) is 1. The molecule has 1 saturated carbocycles. The molecule has 0 bridgehead atoms. The van der Waals surface area contributed by atoms with Crippen molar-refractivity contribution in [3.8, 4) is 0 Å². The molecule has 0 unspecified atom stereocenters. The van der Waals surface area contributed by atoms with Gasteiger partial charge in [0.25, 0.3) is 24.7 Å². The summed E-state index contributed by atoms with van der Waals surface area (Å²) in [6.45, 7) is 1.51. The molecule has 4 aromatic rings. The summed E-state index contributed by atoms with van der Waals surface area (Å²) >= 11 is 0.805. The van der Waals surface area contributed by atoms with E-state index in [9.17, 15) is 27.2 Å². The van der Waals surface area contributed by atoms with Gasteiger partial charge in [0.15, 0.2) is 5.65 Å². The van der Waals surface area contributed by atoms with Crippen molar-refractivity contribution in [1.82, 2.24) is 19.6 Å². The summed E-state index contributed by atoms with van der Waals surface area (Å²) in [5.41, 5.74) is 5.32. The smallest absolute Gasteiger partial charge is 0.280 e. The molecule has 0 radical (unpaired) electrons. The molecule has 0 atom stereocenters. The minimum Gasteiger partial charge on any atom is -0.365 e. The number of fused-ring (bicyclic) bond motifs is 2. The van der Waals surface area contributed by atoms with E-state index in [1.165, 1.54) is 13.0 Å². The third kappa shape index (κ3) is 3.65. The lowest BCUT2D eigenvalue weighted by molar-refractivity contribution is 0.100. The lowest BCUT2D eigenvalue weighted by atomic mass is 10.0. The zero-order valence-electron chi connectivity index (χ0n) is 17.5. The van der Waals surface area contributed by atoms with Crippen molar-refractivity contribution in [2.45, 2.75) is 38.5 Å². The quantitative estimate of drug-likeness (QED) is 0.377. The van der Waals surface area contributed by atoms with Crippen LogP contribution in [0.5, 0.6) is 0 Å². The van der Waals surface area contributed by atoms with Crippen LogP contribution in [0.3, 0.4) is 0 Å². The summed E-state index contributed by atoms with van der Waals surface area (Å²) in [6, 6.07) is 2.45. The van der Waals surface area contributed by atoms with Crippen LogP contribution in [0, 0.1) is 6.92 Å². The molecule has 0 aliphatic heterocycles. The molecule has 0 spiro atoms.